The van der Waals surface area contributed by atoms with Crippen LogP contribution in [-0.4, -0.2) is 17.4 Å². The van der Waals surface area contributed by atoms with E-state index in [1.165, 1.54) is 0 Å². The predicted molar refractivity (Wildman–Crippen MR) is 76.9 cm³/mol. The van der Waals surface area contributed by atoms with Gasteiger partial charge in [0.2, 0.25) is 0 Å². The maximum Gasteiger partial charge on any atom is 0.252 e. The zero-order chi connectivity index (χ0) is 13.5. The summed E-state index contributed by atoms with van der Waals surface area (Å²) >= 11 is 0. The van der Waals surface area contributed by atoms with E-state index in [1.807, 2.05) is 36.4 Å². The van der Waals surface area contributed by atoms with E-state index in [2.05, 4.69) is 17.2 Å². The zero-order valence-corrected chi connectivity index (χ0v) is 11.1. The Kier molecular flexibility index (Phi) is 4.67. The molecule has 0 unspecified atom stereocenters. The summed E-state index contributed by atoms with van der Waals surface area (Å²) in [7, 11) is 0. The molecule has 0 aliphatic rings. The smallest absolute Gasteiger partial charge is 0.252 e. The summed E-state index contributed by atoms with van der Waals surface area (Å²) in [5, 5.41) is 2.90. The van der Waals surface area contributed by atoms with Gasteiger partial charge in [-0.05, 0) is 18.1 Å². The third-order valence-electron chi connectivity index (χ3n) is 2.92. The van der Waals surface area contributed by atoms with E-state index < -0.39 is 0 Å². The number of pyridine rings is 1. The maximum absolute atomic E-state index is 12.0. The van der Waals surface area contributed by atoms with Crippen LogP contribution in [-0.2, 0) is 0 Å². The summed E-state index contributed by atoms with van der Waals surface area (Å²) < 4.78 is 0. The molecule has 1 heterocycles. The SMILES string of the molecule is CCCCNC(=O)c1cncc(-c2ccccc2)c1. The van der Waals surface area contributed by atoms with Gasteiger partial charge in [0.05, 0.1) is 5.56 Å². The zero-order valence-electron chi connectivity index (χ0n) is 11.1. The van der Waals surface area contributed by atoms with Crippen LogP contribution in [0.5, 0.6) is 0 Å². The summed E-state index contributed by atoms with van der Waals surface area (Å²) in [6, 6.07) is 11.8. The van der Waals surface area contributed by atoms with E-state index in [1.54, 1.807) is 12.4 Å². The molecular formula is C16H18N2O. The van der Waals surface area contributed by atoms with E-state index in [0.717, 1.165) is 24.0 Å². The molecular weight excluding hydrogens is 236 g/mol. The Morgan fingerprint density at radius 1 is 1.16 bits per heavy atom. The first kappa shape index (κ1) is 13.3. The second kappa shape index (κ2) is 6.69. The molecule has 3 nitrogen and oxygen atoms in total. The van der Waals surface area contributed by atoms with Gasteiger partial charge in [0.25, 0.3) is 5.91 Å². The molecule has 1 aromatic carbocycles. The van der Waals surface area contributed by atoms with E-state index >= 15 is 0 Å². The molecule has 0 saturated carbocycles. The van der Waals surface area contributed by atoms with Crippen molar-refractivity contribution in [2.45, 2.75) is 19.8 Å². The summed E-state index contributed by atoms with van der Waals surface area (Å²) in [6.45, 7) is 2.81. The molecule has 0 fully saturated rings. The van der Waals surface area contributed by atoms with Crippen LogP contribution in [0.4, 0.5) is 0 Å². The van der Waals surface area contributed by atoms with Crippen LogP contribution >= 0.6 is 0 Å². The summed E-state index contributed by atoms with van der Waals surface area (Å²) in [5.74, 6) is -0.0567. The highest BCUT2D eigenvalue weighted by Gasteiger charge is 2.06. The van der Waals surface area contributed by atoms with E-state index in [4.69, 9.17) is 0 Å². The van der Waals surface area contributed by atoms with E-state index in [-0.39, 0.29) is 5.91 Å². The topological polar surface area (TPSA) is 42.0 Å². The normalized spacial score (nSPS) is 10.2. The Morgan fingerprint density at radius 2 is 1.95 bits per heavy atom. The molecule has 2 rings (SSSR count). The lowest BCUT2D eigenvalue weighted by atomic mass is 10.1. The first-order valence-electron chi connectivity index (χ1n) is 6.60. The van der Waals surface area contributed by atoms with Crippen LogP contribution in [0, 0.1) is 0 Å². The number of nitrogens with one attached hydrogen (secondary N) is 1. The minimum atomic E-state index is -0.0567. The molecule has 1 N–H and O–H groups in total. The number of rotatable bonds is 5. The molecule has 0 aliphatic heterocycles. The minimum Gasteiger partial charge on any atom is -0.352 e. The van der Waals surface area contributed by atoms with Gasteiger partial charge in [-0.1, -0.05) is 43.7 Å². The van der Waals surface area contributed by atoms with Gasteiger partial charge in [-0.2, -0.15) is 0 Å². The second-order valence-electron chi connectivity index (χ2n) is 4.44. The van der Waals surface area contributed by atoms with Crippen molar-refractivity contribution in [3.05, 3.63) is 54.4 Å². The van der Waals surface area contributed by atoms with Crippen LogP contribution in [0.25, 0.3) is 11.1 Å². The fraction of sp³-hybridized carbons (Fsp3) is 0.250. The standard InChI is InChI=1S/C16H18N2O/c1-2-3-9-18-16(19)15-10-14(11-17-12-15)13-7-5-4-6-8-13/h4-8,10-12H,2-3,9H2,1H3,(H,18,19). The van der Waals surface area contributed by atoms with Crippen molar-refractivity contribution >= 4 is 5.91 Å². The Balaban J connectivity index is 2.13. The largest absolute Gasteiger partial charge is 0.352 e. The van der Waals surface area contributed by atoms with Crippen molar-refractivity contribution in [2.75, 3.05) is 6.54 Å². The van der Waals surface area contributed by atoms with Crippen molar-refractivity contribution < 1.29 is 4.79 Å². The van der Waals surface area contributed by atoms with Gasteiger partial charge in [0, 0.05) is 24.5 Å². The van der Waals surface area contributed by atoms with Crippen LogP contribution in [0.1, 0.15) is 30.1 Å². The molecule has 2 aromatic rings. The monoisotopic (exact) mass is 254 g/mol. The average molecular weight is 254 g/mol. The highest BCUT2D eigenvalue weighted by atomic mass is 16.1. The number of aromatic nitrogens is 1. The molecule has 0 bridgehead atoms. The lowest BCUT2D eigenvalue weighted by Crippen LogP contribution is -2.24. The Labute approximate surface area is 113 Å². The lowest BCUT2D eigenvalue weighted by Gasteiger charge is -2.06. The average Bonchev–Trinajstić information content (AvgIpc) is 2.48. The third-order valence-corrected chi connectivity index (χ3v) is 2.92. The highest BCUT2D eigenvalue weighted by molar-refractivity contribution is 5.95. The summed E-state index contributed by atoms with van der Waals surface area (Å²) in [5.41, 5.74) is 2.64. The second-order valence-corrected chi connectivity index (χ2v) is 4.44. The Bertz CT molecular complexity index is 537. The van der Waals surface area contributed by atoms with Crippen molar-refractivity contribution in [2.24, 2.45) is 0 Å². The highest BCUT2D eigenvalue weighted by Crippen LogP contribution is 2.18. The number of carbonyl (C=O) groups excluding carboxylic acids is 1. The summed E-state index contributed by atoms with van der Waals surface area (Å²) in [4.78, 5) is 16.1. The van der Waals surface area contributed by atoms with Gasteiger partial charge in [-0.25, -0.2) is 0 Å². The molecule has 1 aromatic heterocycles. The van der Waals surface area contributed by atoms with Gasteiger partial charge in [0.1, 0.15) is 0 Å². The van der Waals surface area contributed by atoms with Crippen LogP contribution in [0.3, 0.4) is 0 Å². The van der Waals surface area contributed by atoms with Crippen molar-refractivity contribution in [1.82, 2.24) is 10.3 Å². The first-order valence-corrected chi connectivity index (χ1v) is 6.60. The predicted octanol–water partition coefficient (Wildman–Crippen LogP) is 3.28. The molecule has 0 saturated heterocycles. The number of amides is 1. The fourth-order valence-corrected chi connectivity index (χ4v) is 1.83. The molecule has 0 spiro atoms. The number of unbranched alkanes of at least 4 members (excludes halogenated alkanes) is 1. The number of hydrogen-bond donors (Lipinski definition) is 1. The Hall–Kier alpha value is -2.16. The third kappa shape index (κ3) is 3.65. The minimum absolute atomic E-state index is 0.0567. The van der Waals surface area contributed by atoms with Crippen LogP contribution in [0.15, 0.2) is 48.8 Å². The maximum atomic E-state index is 12.0. The molecule has 0 radical (unpaired) electrons. The fourth-order valence-electron chi connectivity index (χ4n) is 1.83. The van der Waals surface area contributed by atoms with E-state index in [9.17, 15) is 4.79 Å². The number of nitrogens with zero attached hydrogens (tertiary/aromatic N) is 1. The Morgan fingerprint density at radius 3 is 2.68 bits per heavy atom. The quantitative estimate of drug-likeness (QED) is 0.832. The number of carbonyl (C=O) groups is 1. The van der Waals surface area contributed by atoms with Gasteiger partial charge >= 0.3 is 0 Å². The van der Waals surface area contributed by atoms with Gasteiger partial charge in [0.15, 0.2) is 0 Å². The molecule has 3 heteroatoms. The lowest BCUT2D eigenvalue weighted by molar-refractivity contribution is 0.0953. The van der Waals surface area contributed by atoms with Gasteiger partial charge in [-0.3, -0.25) is 9.78 Å². The van der Waals surface area contributed by atoms with Crippen molar-refractivity contribution in [3.8, 4) is 11.1 Å². The number of hydrogen-bond acceptors (Lipinski definition) is 2. The van der Waals surface area contributed by atoms with Gasteiger partial charge < -0.3 is 5.32 Å². The molecule has 0 atom stereocenters. The molecule has 1 amide bonds. The first-order chi connectivity index (χ1) is 9.31. The van der Waals surface area contributed by atoms with Gasteiger partial charge in [-0.15, -0.1) is 0 Å². The summed E-state index contributed by atoms with van der Waals surface area (Å²) in [6.07, 6.45) is 5.45. The van der Waals surface area contributed by atoms with Crippen molar-refractivity contribution in [1.29, 1.82) is 0 Å². The van der Waals surface area contributed by atoms with E-state index in [0.29, 0.717) is 12.1 Å². The van der Waals surface area contributed by atoms with Crippen LogP contribution in [0.2, 0.25) is 0 Å². The molecule has 0 aliphatic carbocycles. The number of benzene rings is 1. The van der Waals surface area contributed by atoms with Crippen LogP contribution < -0.4 is 5.32 Å². The molecule has 19 heavy (non-hydrogen) atoms. The van der Waals surface area contributed by atoms with Crippen molar-refractivity contribution in [3.63, 3.8) is 0 Å². The molecule has 98 valence electrons.